The van der Waals surface area contributed by atoms with Gasteiger partial charge in [0.1, 0.15) is 12.7 Å². The van der Waals surface area contributed by atoms with Crippen molar-refractivity contribution in [3.63, 3.8) is 0 Å². The third-order valence-corrected chi connectivity index (χ3v) is 2.69. The van der Waals surface area contributed by atoms with Gasteiger partial charge in [0.15, 0.2) is 6.10 Å². The van der Waals surface area contributed by atoms with Crippen molar-refractivity contribution in [1.29, 1.82) is 0 Å². The molecule has 0 radical (unpaired) electrons. The minimum atomic E-state index is -1.14. The SMILES string of the molecule is C[C@H](OC(=O)c1ccc(-n2cncn2)cc1)C(=O)NC(N)=O. The molecule has 0 aliphatic heterocycles. The zero-order valence-electron chi connectivity index (χ0n) is 11.6. The number of aromatic nitrogens is 3. The van der Waals surface area contributed by atoms with E-state index in [1.54, 1.807) is 12.1 Å². The standard InChI is InChI=1S/C13H13N5O4/c1-8(11(19)17-13(14)21)22-12(20)9-2-4-10(5-3-9)18-7-15-6-16-18/h2-8H,1H3,(H3,14,17,19,21)/t8-/m0/s1. The van der Waals surface area contributed by atoms with Crippen molar-refractivity contribution >= 4 is 17.9 Å². The van der Waals surface area contributed by atoms with Crippen molar-refractivity contribution < 1.29 is 19.1 Å². The number of urea groups is 1. The van der Waals surface area contributed by atoms with E-state index in [1.807, 2.05) is 5.32 Å². The fraction of sp³-hybridized carbons (Fsp3) is 0.154. The van der Waals surface area contributed by atoms with Gasteiger partial charge in [0, 0.05) is 0 Å². The van der Waals surface area contributed by atoms with Gasteiger partial charge < -0.3 is 10.5 Å². The van der Waals surface area contributed by atoms with Crippen LogP contribution in [0.4, 0.5) is 4.79 Å². The van der Waals surface area contributed by atoms with Gasteiger partial charge in [-0.15, -0.1) is 0 Å². The Labute approximate surface area is 125 Å². The highest BCUT2D eigenvalue weighted by Crippen LogP contribution is 2.10. The molecule has 0 aliphatic carbocycles. The average Bonchev–Trinajstić information content (AvgIpc) is 3.00. The molecule has 0 saturated carbocycles. The Hall–Kier alpha value is -3.23. The van der Waals surface area contributed by atoms with Crippen molar-refractivity contribution in [2.75, 3.05) is 0 Å². The second-order valence-corrected chi connectivity index (χ2v) is 4.29. The number of primary amides is 1. The highest BCUT2D eigenvalue weighted by Gasteiger charge is 2.19. The van der Waals surface area contributed by atoms with Crippen LogP contribution in [0.1, 0.15) is 17.3 Å². The molecule has 9 nitrogen and oxygen atoms in total. The monoisotopic (exact) mass is 303 g/mol. The Kier molecular flexibility index (Phi) is 4.47. The third kappa shape index (κ3) is 3.66. The molecular formula is C13H13N5O4. The van der Waals surface area contributed by atoms with E-state index in [0.29, 0.717) is 5.69 Å². The molecule has 0 saturated heterocycles. The van der Waals surface area contributed by atoms with Crippen LogP contribution in [0.2, 0.25) is 0 Å². The van der Waals surface area contributed by atoms with Crippen LogP contribution >= 0.6 is 0 Å². The van der Waals surface area contributed by atoms with Gasteiger partial charge in [-0.25, -0.2) is 19.3 Å². The van der Waals surface area contributed by atoms with Gasteiger partial charge in [-0.1, -0.05) is 0 Å². The Morgan fingerprint density at radius 1 is 1.27 bits per heavy atom. The van der Waals surface area contributed by atoms with Crippen LogP contribution in [0, 0.1) is 0 Å². The number of hydrogen-bond acceptors (Lipinski definition) is 6. The summed E-state index contributed by atoms with van der Waals surface area (Å²) in [7, 11) is 0. The highest BCUT2D eigenvalue weighted by molar-refractivity contribution is 5.98. The van der Waals surface area contributed by atoms with Gasteiger partial charge in [-0.2, -0.15) is 5.10 Å². The first-order valence-electron chi connectivity index (χ1n) is 6.23. The largest absolute Gasteiger partial charge is 0.449 e. The molecule has 1 aromatic carbocycles. The van der Waals surface area contributed by atoms with Crippen LogP contribution in [-0.4, -0.2) is 38.8 Å². The molecule has 0 fully saturated rings. The van der Waals surface area contributed by atoms with Crippen molar-refractivity contribution in [2.45, 2.75) is 13.0 Å². The fourth-order valence-corrected chi connectivity index (χ4v) is 1.60. The predicted molar refractivity (Wildman–Crippen MR) is 74.0 cm³/mol. The molecule has 0 bridgehead atoms. The number of imide groups is 1. The number of amides is 3. The highest BCUT2D eigenvalue weighted by atomic mass is 16.5. The third-order valence-electron chi connectivity index (χ3n) is 2.69. The van der Waals surface area contributed by atoms with E-state index in [0.717, 1.165) is 0 Å². The summed E-state index contributed by atoms with van der Waals surface area (Å²) in [5.41, 5.74) is 5.78. The number of rotatable bonds is 4. The summed E-state index contributed by atoms with van der Waals surface area (Å²) in [6.45, 7) is 1.33. The Balaban J connectivity index is 2.01. The first-order chi connectivity index (χ1) is 10.5. The van der Waals surface area contributed by atoms with Gasteiger partial charge in [-0.3, -0.25) is 10.1 Å². The second kappa shape index (κ2) is 6.48. The van der Waals surface area contributed by atoms with E-state index < -0.39 is 24.0 Å². The lowest BCUT2D eigenvalue weighted by Crippen LogP contribution is -2.42. The minimum absolute atomic E-state index is 0.252. The number of esters is 1. The summed E-state index contributed by atoms with van der Waals surface area (Å²) >= 11 is 0. The van der Waals surface area contributed by atoms with Crippen LogP contribution in [-0.2, 0) is 9.53 Å². The molecule has 1 atom stereocenters. The number of carbonyl (C=O) groups excluding carboxylic acids is 3. The lowest BCUT2D eigenvalue weighted by molar-refractivity contribution is -0.127. The second-order valence-electron chi connectivity index (χ2n) is 4.29. The maximum absolute atomic E-state index is 11.9. The molecule has 3 N–H and O–H groups in total. The summed E-state index contributed by atoms with van der Waals surface area (Å²) in [5, 5.41) is 5.78. The summed E-state index contributed by atoms with van der Waals surface area (Å²) in [6.07, 6.45) is 1.76. The number of hydrogen-bond donors (Lipinski definition) is 2. The number of carbonyl (C=O) groups is 3. The van der Waals surface area contributed by atoms with Crippen LogP contribution in [0.5, 0.6) is 0 Å². The van der Waals surface area contributed by atoms with Crippen LogP contribution in [0.3, 0.4) is 0 Å². The summed E-state index contributed by atoms with van der Waals surface area (Å²) < 4.78 is 6.46. The summed E-state index contributed by atoms with van der Waals surface area (Å²) in [6, 6.07) is 5.35. The molecular weight excluding hydrogens is 290 g/mol. The van der Waals surface area contributed by atoms with E-state index in [1.165, 1.54) is 36.4 Å². The molecule has 0 aliphatic rings. The lowest BCUT2D eigenvalue weighted by atomic mass is 10.2. The lowest BCUT2D eigenvalue weighted by Gasteiger charge is -2.12. The quantitative estimate of drug-likeness (QED) is 0.765. The van der Waals surface area contributed by atoms with Crippen molar-refractivity contribution in [3.05, 3.63) is 42.5 Å². The maximum atomic E-state index is 11.9. The molecule has 0 spiro atoms. The van der Waals surface area contributed by atoms with Crippen molar-refractivity contribution in [1.82, 2.24) is 20.1 Å². The number of nitrogens with one attached hydrogen (secondary N) is 1. The van der Waals surface area contributed by atoms with E-state index in [4.69, 9.17) is 10.5 Å². The fourth-order valence-electron chi connectivity index (χ4n) is 1.60. The van der Waals surface area contributed by atoms with E-state index in [-0.39, 0.29) is 5.56 Å². The van der Waals surface area contributed by atoms with Crippen LogP contribution < -0.4 is 11.1 Å². The van der Waals surface area contributed by atoms with Gasteiger partial charge in [0.05, 0.1) is 11.3 Å². The van der Waals surface area contributed by atoms with Crippen LogP contribution in [0.25, 0.3) is 5.69 Å². The van der Waals surface area contributed by atoms with Crippen molar-refractivity contribution in [2.24, 2.45) is 5.73 Å². The van der Waals surface area contributed by atoms with E-state index in [9.17, 15) is 14.4 Å². The van der Waals surface area contributed by atoms with Crippen molar-refractivity contribution in [3.8, 4) is 5.69 Å². The van der Waals surface area contributed by atoms with Gasteiger partial charge in [-0.05, 0) is 31.2 Å². The predicted octanol–water partition coefficient (Wildman–Crippen LogP) is 0.00750. The molecule has 2 aromatic rings. The first kappa shape index (κ1) is 15.2. The molecule has 3 amide bonds. The maximum Gasteiger partial charge on any atom is 0.338 e. The Morgan fingerprint density at radius 2 is 1.95 bits per heavy atom. The zero-order chi connectivity index (χ0) is 16.1. The Morgan fingerprint density at radius 3 is 2.50 bits per heavy atom. The first-order valence-corrected chi connectivity index (χ1v) is 6.23. The smallest absolute Gasteiger partial charge is 0.338 e. The molecule has 1 aromatic heterocycles. The summed E-state index contributed by atoms with van der Waals surface area (Å²) in [5.74, 6) is -1.49. The molecule has 0 unspecified atom stereocenters. The number of benzene rings is 1. The molecule has 114 valence electrons. The number of nitrogens with zero attached hydrogens (tertiary/aromatic N) is 3. The van der Waals surface area contributed by atoms with E-state index >= 15 is 0 Å². The average molecular weight is 303 g/mol. The van der Waals surface area contributed by atoms with E-state index in [2.05, 4.69) is 10.1 Å². The van der Waals surface area contributed by atoms with Gasteiger partial charge in [0.25, 0.3) is 5.91 Å². The molecule has 9 heteroatoms. The number of nitrogens with two attached hydrogens (primary N) is 1. The summed E-state index contributed by atoms with van der Waals surface area (Å²) in [4.78, 5) is 37.7. The topological polar surface area (TPSA) is 129 Å². The molecule has 2 rings (SSSR count). The number of ether oxygens (including phenoxy) is 1. The molecule has 1 heterocycles. The molecule has 22 heavy (non-hydrogen) atoms. The normalized spacial score (nSPS) is 11.5. The van der Waals surface area contributed by atoms with Crippen LogP contribution in [0.15, 0.2) is 36.9 Å². The zero-order valence-corrected chi connectivity index (χ0v) is 11.6. The minimum Gasteiger partial charge on any atom is -0.449 e. The van der Waals surface area contributed by atoms with Gasteiger partial charge in [0.2, 0.25) is 0 Å². The van der Waals surface area contributed by atoms with Gasteiger partial charge >= 0.3 is 12.0 Å². The Bertz CT molecular complexity index is 681.